The van der Waals surface area contributed by atoms with Gasteiger partial charge in [-0.05, 0) is 25.1 Å². The number of para-hydroxylation sites is 1. The van der Waals surface area contributed by atoms with Gasteiger partial charge in [0.1, 0.15) is 5.52 Å². The van der Waals surface area contributed by atoms with Gasteiger partial charge in [-0.25, -0.2) is 4.68 Å². The molecule has 0 atom stereocenters. The van der Waals surface area contributed by atoms with E-state index in [0.717, 1.165) is 43.7 Å². The zero-order chi connectivity index (χ0) is 11.9. The van der Waals surface area contributed by atoms with Gasteiger partial charge in [0.05, 0.1) is 12.1 Å². The van der Waals surface area contributed by atoms with E-state index in [1.54, 1.807) is 7.11 Å². The molecule has 5 heteroatoms. The molecule has 0 unspecified atom stereocenters. The largest absolute Gasteiger partial charge is 0.385 e. The molecular weight excluding hydrogens is 216 g/mol. The Morgan fingerprint density at radius 2 is 2.18 bits per heavy atom. The van der Waals surface area contributed by atoms with Crippen LogP contribution in [0.1, 0.15) is 6.42 Å². The number of rotatable bonds is 7. The Balaban J connectivity index is 1.79. The number of hydrogen-bond acceptors (Lipinski definition) is 4. The van der Waals surface area contributed by atoms with Crippen LogP contribution in [-0.2, 0) is 11.3 Å². The van der Waals surface area contributed by atoms with Crippen LogP contribution in [0.5, 0.6) is 0 Å². The molecule has 0 aliphatic heterocycles. The molecule has 1 heterocycles. The van der Waals surface area contributed by atoms with Crippen LogP contribution >= 0.6 is 0 Å². The van der Waals surface area contributed by atoms with E-state index < -0.39 is 0 Å². The van der Waals surface area contributed by atoms with Crippen molar-refractivity contribution in [1.82, 2.24) is 20.3 Å². The third kappa shape index (κ3) is 3.25. The van der Waals surface area contributed by atoms with Gasteiger partial charge >= 0.3 is 0 Å². The van der Waals surface area contributed by atoms with Gasteiger partial charge in [-0.1, -0.05) is 17.3 Å². The van der Waals surface area contributed by atoms with Gasteiger partial charge in [-0.2, -0.15) is 0 Å². The van der Waals surface area contributed by atoms with Crippen molar-refractivity contribution in [3.05, 3.63) is 24.3 Å². The summed E-state index contributed by atoms with van der Waals surface area (Å²) in [4.78, 5) is 0. The van der Waals surface area contributed by atoms with Crippen molar-refractivity contribution < 1.29 is 4.74 Å². The van der Waals surface area contributed by atoms with Crippen LogP contribution in [0.25, 0.3) is 11.0 Å². The van der Waals surface area contributed by atoms with Crippen LogP contribution in [0, 0.1) is 0 Å². The Bertz CT molecular complexity index is 454. The van der Waals surface area contributed by atoms with Crippen molar-refractivity contribution >= 4 is 11.0 Å². The fourth-order valence-corrected chi connectivity index (χ4v) is 1.73. The molecular formula is C12H18N4O. The van der Waals surface area contributed by atoms with E-state index in [1.807, 2.05) is 28.9 Å². The predicted molar refractivity (Wildman–Crippen MR) is 66.9 cm³/mol. The van der Waals surface area contributed by atoms with Gasteiger partial charge in [-0.3, -0.25) is 0 Å². The standard InChI is InChI=1S/C12H18N4O/c1-17-10-4-7-13-8-9-16-12-6-3-2-5-11(12)14-15-16/h2-3,5-6,13H,4,7-10H2,1H3. The van der Waals surface area contributed by atoms with Crippen molar-refractivity contribution in [2.45, 2.75) is 13.0 Å². The molecule has 2 rings (SSSR count). The SMILES string of the molecule is COCCCNCCn1nnc2ccccc21. The first-order valence-electron chi connectivity index (χ1n) is 5.89. The molecule has 0 saturated carbocycles. The van der Waals surface area contributed by atoms with Gasteiger partial charge in [-0.15, -0.1) is 5.10 Å². The first-order chi connectivity index (χ1) is 8.42. The fraction of sp³-hybridized carbons (Fsp3) is 0.500. The molecule has 0 radical (unpaired) electrons. The lowest BCUT2D eigenvalue weighted by Gasteiger charge is -2.04. The molecule has 5 nitrogen and oxygen atoms in total. The van der Waals surface area contributed by atoms with Crippen molar-refractivity contribution in [3.8, 4) is 0 Å². The third-order valence-corrected chi connectivity index (χ3v) is 2.62. The second kappa shape index (κ2) is 6.32. The summed E-state index contributed by atoms with van der Waals surface area (Å²) in [6, 6.07) is 8.00. The maximum atomic E-state index is 4.98. The normalized spacial score (nSPS) is 11.1. The number of methoxy groups -OCH3 is 1. The van der Waals surface area contributed by atoms with E-state index in [0.29, 0.717) is 0 Å². The molecule has 0 bridgehead atoms. The molecule has 0 amide bonds. The highest BCUT2D eigenvalue weighted by Crippen LogP contribution is 2.08. The molecule has 1 N–H and O–H groups in total. The van der Waals surface area contributed by atoms with Crippen LogP contribution < -0.4 is 5.32 Å². The molecule has 2 aromatic rings. The first-order valence-corrected chi connectivity index (χ1v) is 5.89. The monoisotopic (exact) mass is 234 g/mol. The minimum absolute atomic E-state index is 0.805. The van der Waals surface area contributed by atoms with E-state index >= 15 is 0 Å². The molecule has 0 aliphatic carbocycles. The second-order valence-electron chi connectivity index (χ2n) is 3.90. The third-order valence-electron chi connectivity index (χ3n) is 2.62. The van der Waals surface area contributed by atoms with E-state index in [9.17, 15) is 0 Å². The molecule has 0 spiro atoms. The average molecular weight is 234 g/mol. The minimum atomic E-state index is 0.805. The number of fused-ring (bicyclic) bond motifs is 1. The smallest absolute Gasteiger partial charge is 0.113 e. The van der Waals surface area contributed by atoms with Gasteiger partial charge in [0.25, 0.3) is 0 Å². The molecule has 0 aliphatic rings. The summed E-state index contributed by atoms with van der Waals surface area (Å²) in [5.74, 6) is 0. The molecule has 92 valence electrons. The summed E-state index contributed by atoms with van der Waals surface area (Å²) >= 11 is 0. The zero-order valence-electron chi connectivity index (χ0n) is 10.1. The lowest BCUT2D eigenvalue weighted by Crippen LogP contribution is -2.22. The molecule has 1 aromatic heterocycles. The Labute approximate surface area is 101 Å². The molecule has 17 heavy (non-hydrogen) atoms. The summed E-state index contributed by atoms with van der Waals surface area (Å²) in [5.41, 5.74) is 2.04. The van der Waals surface area contributed by atoms with Gasteiger partial charge < -0.3 is 10.1 Å². The van der Waals surface area contributed by atoms with Crippen LogP contribution in [0.4, 0.5) is 0 Å². The minimum Gasteiger partial charge on any atom is -0.385 e. The highest BCUT2D eigenvalue weighted by atomic mass is 16.5. The zero-order valence-corrected chi connectivity index (χ0v) is 10.1. The Kier molecular flexibility index (Phi) is 4.46. The Morgan fingerprint density at radius 3 is 3.06 bits per heavy atom. The van der Waals surface area contributed by atoms with Crippen LogP contribution in [-0.4, -0.2) is 41.8 Å². The van der Waals surface area contributed by atoms with Crippen LogP contribution in [0.3, 0.4) is 0 Å². The first kappa shape index (κ1) is 12.0. The number of nitrogens with one attached hydrogen (secondary N) is 1. The number of aromatic nitrogens is 3. The van der Waals surface area contributed by atoms with Crippen LogP contribution in [0.15, 0.2) is 24.3 Å². The van der Waals surface area contributed by atoms with E-state index in [2.05, 4.69) is 15.6 Å². The van der Waals surface area contributed by atoms with Crippen molar-refractivity contribution in [2.75, 3.05) is 26.8 Å². The molecule has 0 saturated heterocycles. The summed E-state index contributed by atoms with van der Waals surface area (Å²) in [6.45, 7) is 3.52. The van der Waals surface area contributed by atoms with Crippen LogP contribution in [0.2, 0.25) is 0 Å². The predicted octanol–water partition coefficient (Wildman–Crippen LogP) is 1.06. The van der Waals surface area contributed by atoms with Crippen molar-refractivity contribution in [3.63, 3.8) is 0 Å². The highest BCUT2D eigenvalue weighted by molar-refractivity contribution is 5.73. The maximum Gasteiger partial charge on any atom is 0.113 e. The highest BCUT2D eigenvalue weighted by Gasteiger charge is 2.01. The van der Waals surface area contributed by atoms with Gasteiger partial charge in [0, 0.05) is 20.3 Å². The topological polar surface area (TPSA) is 52.0 Å². The Hall–Kier alpha value is -1.46. The lowest BCUT2D eigenvalue weighted by molar-refractivity contribution is 0.194. The second-order valence-corrected chi connectivity index (χ2v) is 3.90. The van der Waals surface area contributed by atoms with E-state index in [-0.39, 0.29) is 0 Å². The number of benzene rings is 1. The lowest BCUT2D eigenvalue weighted by atomic mass is 10.3. The van der Waals surface area contributed by atoms with Gasteiger partial charge in [0.2, 0.25) is 0 Å². The quantitative estimate of drug-likeness (QED) is 0.728. The van der Waals surface area contributed by atoms with Gasteiger partial charge in [0.15, 0.2) is 0 Å². The molecule has 0 fully saturated rings. The number of ether oxygens (including phenoxy) is 1. The van der Waals surface area contributed by atoms with Crippen molar-refractivity contribution in [1.29, 1.82) is 0 Å². The summed E-state index contributed by atoms with van der Waals surface area (Å²) in [7, 11) is 1.72. The molecule has 1 aromatic carbocycles. The van der Waals surface area contributed by atoms with E-state index in [4.69, 9.17) is 4.74 Å². The maximum absolute atomic E-state index is 4.98. The fourth-order valence-electron chi connectivity index (χ4n) is 1.73. The van der Waals surface area contributed by atoms with Crippen molar-refractivity contribution in [2.24, 2.45) is 0 Å². The number of nitrogens with zero attached hydrogens (tertiary/aromatic N) is 3. The summed E-state index contributed by atoms with van der Waals surface area (Å²) in [5, 5.41) is 11.6. The number of hydrogen-bond donors (Lipinski definition) is 1. The summed E-state index contributed by atoms with van der Waals surface area (Å²) < 4.78 is 6.91. The average Bonchev–Trinajstić information content (AvgIpc) is 2.77. The summed E-state index contributed by atoms with van der Waals surface area (Å²) in [6.07, 6.45) is 1.04. The van der Waals surface area contributed by atoms with E-state index in [1.165, 1.54) is 0 Å². The Morgan fingerprint density at radius 1 is 1.29 bits per heavy atom.